The minimum Gasteiger partial charge on any atom is -0.376 e. The first-order valence-electron chi connectivity index (χ1n) is 24.6. The summed E-state index contributed by atoms with van der Waals surface area (Å²) >= 11 is 0. The summed E-state index contributed by atoms with van der Waals surface area (Å²) < 4.78 is 0. The summed E-state index contributed by atoms with van der Waals surface area (Å²) in [6.45, 7) is 6.89. The molecule has 0 aliphatic heterocycles. The summed E-state index contributed by atoms with van der Waals surface area (Å²) in [6, 6.07) is 26.8. The summed E-state index contributed by atoms with van der Waals surface area (Å²) in [4.78, 5) is 0. The van der Waals surface area contributed by atoms with Crippen LogP contribution in [-0.4, -0.2) is 5.11 Å². The average Bonchev–Trinajstić information content (AvgIpc) is 3.23. The first-order chi connectivity index (χ1) is 27.6. The lowest BCUT2D eigenvalue weighted by Crippen LogP contribution is -2.29. The molecule has 0 amide bonds. The highest BCUT2D eigenvalue weighted by molar-refractivity contribution is 5.48. The van der Waals surface area contributed by atoms with Crippen LogP contribution < -0.4 is 0 Å². The van der Waals surface area contributed by atoms with Crippen LogP contribution in [0.2, 0.25) is 0 Å². The molecule has 3 aromatic carbocycles. The van der Waals surface area contributed by atoms with Gasteiger partial charge in [-0.15, -0.1) is 0 Å². The van der Waals surface area contributed by atoms with Gasteiger partial charge in [-0.3, -0.25) is 0 Å². The molecule has 3 aromatic rings. The van der Waals surface area contributed by atoms with Gasteiger partial charge >= 0.3 is 0 Å². The molecule has 0 saturated heterocycles. The van der Waals surface area contributed by atoms with Crippen molar-refractivity contribution in [1.29, 1.82) is 0 Å². The molecule has 0 spiro atoms. The molecule has 0 aliphatic rings. The first kappa shape index (κ1) is 48.0. The van der Waals surface area contributed by atoms with E-state index in [1.807, 2.05) is 0 Å². The number of hydrogen-bond acceptors (Lipinski definition) is 1. The molecule has 0 aliphatic carbocycles. The van der Waals surface area contributed by atoms with E-state index in [0.717, 1.165) is 36.0 Å². The zero-order valence-corrected chi connectivity index (χ0v) is 37.2. The molecule has 1 heteroatoms. The molecule has 0 atom stereocenters. The second-order valence-corrected chi connectivity index (χ2v) is 17.6. The van der Waals surface area contributed by atoms with Gasteiger partial charge in [0.15, 0.2) is 0 Å². The lowest BCUT2D eigenvalue weighted by atomic mass is 9.79. The van der Waals surface area contributed by atoms with E-state index in [2.05, 4.69) is 93.6 Å². The Bertz CT molecular complexity index is 1140. The monoisotopic (exact) mass is 765 g/mol. The fourth-order valence-electron chi connectivity index (χ4n) is 8.69. The van der Waals surface area contributed by atoms with Gasteiger partial charge in [0.2, 0.25) is 0 Å². The number of rotatable bonds is 36. The lowest BCUT2D eigenvalue weighted by Gasteiger charge is -2.31. The minimum absolute atomic E-state index is 0.967. The maximum absolute atomic E-state index is 12.8. The molecule has 0 radical (unpaired) electrons. The van der Waals surface area contributed by atoms with Crippen molar-refractivity contribution in [3.05, 3.63) is 106 Å². The van der Waals surface area contributed by atoms with Crippen LogP contribution in [0.3, 0.4) is 0 Å². The Morgan fingerprint density at radius 2 is 0.446 bits per heavy atom. The van der Waals surface area contributed by atoms with Gasteiger partial charge in [-0.1, -0.05) is 267 Å². The SMILES string of the molecule is CCCCCCCCCCCCc1ccc(C(O)(c2ccc(CCCCCCCCCCCC)cc2)c2ccc(CCCCCCCCCCCC)cc2)cc1. The summed E-state index contributed by atoms with van der Waals surface area (Å²) in [5.74, 6) is 0. The molecule has 0 fully saturated rings. The van der Waals surface area contributed by atoms with Gasteiger partial charge in [-0.05, 0) is 71.9 Å². The van der Waals surface area contributed by atoms with Crippen LogP contribution >= 0.6 is 0 Å². The smallest absolute Gasteiger partial charge is 0.140 e. The topological polar surface area (TPSA) is 20.2 Å². The van der Waals surface area contributed by atoms with E-state index in [1.54, 1.807) is 0 Å². The number of benzene rings is 3. The van der Waals surface area contributed by atoms with Gasteiger partial charge in [0.1, 0.15) is 5.60 Å². The highest BCUT2D eigenvalue weighted by Gasteiger charge is 2.33. The quantitative estimate of drug-likeness (QED) is 0.0462. The van der Waals surface area contributed by atoms with Crippen molar-refractivity contribution >= 4 is 0 Å². The molecular formula is C55H88O. The molecule has 56 heavy (non-hydrogen) atoms. The lowest BCUT2D eigenvalue weighted by molar-refractivity contribution is 0.125. The maximum atomic E-state index is 12.8. The number of unbranched alkanes of at least 4 members (excludes halogenated alkanes) is 27. The molecule has 3 rings (SSSR count). The molecule has 1 N–H and O–H groups in total. The normalized spacial score (nSPS) is 11.8. The van der Waals surface area contributed by atoms with Crippen LogP contribution in [0.4, 0.5) is 0 Å². The van der Waals surface area contributed by atoms with Gasteiger partial charge in [0, 0.05) is 0 Å². The van der Waals surface area contributed by atoms with E-state index in [4.69, 9.17) is 0 Å². The number of aryl methyl sites for hydroxylation is 3. The van der Waals surface area contributed by atoms with Crippen molar-refractivity contribution in [3.63, 3.8) is 0 Å². The van der Waals surface area contributed by atoms with Crippen LogP contribution in [0.1, 0.15) is 247 Å². The molecule has 0 aromatic heterocycles. The van der Waals surface area contributed by atoms with Crippen LogP contribution in [0.15, 0.2) is 72.8 Å². The van der Waals surface area contributed by atoms with Gasteiger partial charge in [0.05, 0.1) is 0 Å². The Balaban J connectivity index is 1.56. The maximum Gasteiger partial charge on any atom is 0.140 e. The standard InChI is InChI=1S/C55H88O/c1-4-7-10-13-16-19-22-25-28-31-34-49-37-43-52(44-38-49)55(56,53-45-39-50(40-46-53)35-32-29-26-23-20-17-14-11-8-5-2)54-47-41-51(42-48-54)36-33-30-27-24-21-18-15-12-9-6-3/h37-48,56H,4-36H2,1-3H3. The Labute approximate surface area is 348 Å². The van der Waals surface area contributed by atoms with Crippen LogP contribution in [0.5, 0.6) is 0 Å². The fraction of sp³-hybridized carbons (Fsp3) is 0.673. The summed E-state index contributed by atoms with van der Waals surface area (Å²) in [5.41, 5.74) is 5.87. The Hall–Kier alpha value is -2.38. The molecule has 0 heterocycles. The van der Waals surface area contributed by atoms with E-state index in [0.29, 0.717) is 0 Å². The fourth-order valence-corrected chi connectivity index (χ4v) is 8.69. The molecule has 0 saturated carbocycles. The second-order valence-electron chi connectivity index (χ2n) is 17.6. The molecule has 0 unspecified atom stereocenters. The van der Waals surface area contributed by atoms with E-state index in [9.17, 15) is 5.11 Å². The molecule has 1 nitrogen and oxygen atoms in total. The third kappa shape index (κ3) is 19.9. The zero-order valence-electron chi connectivity index (χ0n) is 37.2. The predicted molar refractivity (Wildman–Crippen MR) is 248 cm³/mol. The van der Waals surface area contributed by atoms with Gasteiger partial charge in [-0.2, -0.15) is 0 Å². The minimum atomic E-state index is -1.18. The number of aliphatic hydroxyl groups is 1. The Morgan fingerprint density at radius 3 is 0.643 bits per heavy atom. The molecule has 314 valence electrons. The third-order valence-corrected chi connectivity index (χ3v) is 12.6. The van der Waals surface area contributed by atoms with Crippen LogP contribution in [0.25, 0.3) is 0 Å². The van der Waals surface area contributed by atoms with Crippen LogP contribution in [-0.2, 0) is 24.9 Å². The second kappa shape index (κ2) is 31.6. The summed E-state index contributed by atoms with van der Waals surface area (Å²) in [7, 11) is 0. The van der Waals surface area contributed by atoms with Crippen molar-refractivity contribution in [1.82, 2.24) is 0 Å². The Morgan fingerprint density at radius 1 is 0.268 bits per heavy atom. The van der Waals surface area contributed by atoms with E-state index in [1.165, 1.54) is 209 Å². The van der Waals surface area contributed by atoms with Crippen molar-refractivity contribution in [3.8, 4) is 0 Å². The van der Waals surface area contributed by atoms with Gasteiger partial charge < -0.3 is 5.11 Å². The summed E-state index contributed by atoms with van der Waals surface area (Å²) in [5, 5.41) is 12.8. The van der Waals surface area contributed by atoms with E-state index >= 15 is 0 Å². The highest BCUT2D eigenvalue weighted by atomic mass is 16.3. The van der Waals surface area contributed by atoms with Crippen molar-refractivity contribution in [2.24, 2.45) is 0 Å². The van der Waals surface area contributed by atoms with E-state index in [-0.39, 0.29) is 0 Å². The highest BCUT2D eigenvalue weighted by Crippen LogP contribution is 2.37. The summed E-state index contributed by atoms with van der Waals surface area (Å²) in [6.07, 6.45) is 44.4. The zero-order chi connectivity index (χ0) is 39.8. The third-order valence-electron chi connectivity index (χ3n) is 12.6. The van der Waals surface area contributed by atoms with Crippen molar-refractivity contribution in [2.75, 3.05) is 0 Å². The van der Waals surface area contributed by atoms with Crippen LogP contribution in [0, 0.1) is 0 Å². The number of hydrogen-bond donors (Lipinski definition) is 1. The molecule has 0 bridgehead atoms. The average molecular weight is 765 g/mol. The molecular weight excluding hydrogens is 677 g/mol. The largest absolute Gasteiger partial charge is 0.376 e. The first-order valence-corrected chi connectivity index (χ1v) is 24.6. The van der Waals surface area contributed by atoms with Crippen molar-refractivity contribution < 1.29 is 5.11 Å². The Kier molecular flexibility index (Phi) is 27.1. The van der Waals surface area contributed by atoms with Gasteiger partial charge in [-0.25, -0.2) is 0 Å². The predicted octanol–water partition coefficient (Wildman–Crippen LogP) is 17.4. The van der Waals surface area contributed by atoms with E-state index < -0.39 is 5.60 Å². The van der Waals surface area contributed by atoms with Gasteiger partial charge in [0.25, 0.3) is 0 Å². The van der Waals surface area contributed by atoms with Crippen molar-refractivity contribution in [2.45, 2.75) is 238 Å².